The number of imidazole rings is 1. The van der Waals surface area contributed by atoms with Gasteiger partial charge in [0, 0.05) is 41.7 Å². The number of fused-ring (bicyclic) bond motifs is 1. The number of alkyl carbamates (subject to hydrolysis) is 1. The number of ketones is 1. The summed E-state index contributed by atoms with van der Waals surface area (Å²) >= 11 is 0. The average molecular weight is 621 g/mol. The predicted octanol–water partition coefficient (Wildman–Crippen LogP) is 8.03. The van der Waals surface area contributed by atoms with Gasteiger partial charge >= 0.3 is 12.2 Å². The smallest absolute Gasteiger partial charge is 0.420 e. The molecule has 2 heterocycles. The SMILES string of the molecule is CCC(=O)CC/C=C/CC(CC)(NC(=O)OC(C)(C)C)c1nc(-c2cc3ccc(C)nc3cc2OC)cn1C(=O)OC(C)(C)C. The number of carbonyl (C=O) groups is 3. The van der Waals surface area contributed by atoms with Crippen molar-refractivity contribution >= 4 is 28.9 Å². The Labute approximate surface area is 266 Å². The molecule has 0 saturated carbocycles. The number of ether oxygens (including phenoxy) is 3. The molecule has 1 atom stereocenters. The second-order valence-corrected chi connectivity index (χ2v) is 13.2. The van der Waals surface area contributed by atoms with Gasteiger partial charge in [0.25, 0.3) is 0 Å². The largest absolute Gasteiger partial charge is 0.496 e. The van der Waals surface area contributed by atoms with Crippen molar-refractivity contribution in [1.29, 1.82) is 0 Å². The van der Waals surface area contributed by atoms with Gasteiger partial charge in [-0.05, 0) is 79.9 Å². The molecule has 10 heteroatoms. The molecular weight excluding hydrogens is 572 g/mol. The van der Waals surface area contributed by atoms with Gasteiger partial charge < -0.3 is 19.5 Å². The van der Waals surface area contributed by atoms with E-state index in [4.69, 9.17) is 19.2 Å². The Morgan fingerprint density at radius 2 is 1.64 bits per heavy atom. The van der Waals surface area contributed by atoms with Crippen LogP contribution in [-0.2, 0) is 19.8 Å². The van der Waals surface area contributed by atoms with Crippen LogP contribution in [0.1, 0.15) is 99.0 Å². The van der Waals surface area contributed by atoms with Gasteiger partial charge in [0.1, 0.15) is 34.1 Å². The minimum Gasteiger partial charge on any atom is -0.496 e. The van der Waals surface area contributed by atoms with E-state index >= 15 is 0 Å². The highest BCUT2D eigenvalue weighted by molar-refractivity contribution is 5.88. The normalized spacial score (nSPS) is 13.5. The Balaban J connectivity index is 2.24. The van der Waals surface area contributed by atoms with E-state index in [0.717, 1.165) is 16.6 Å². The van der Waals surface area contributed by atoms with Crippen LogP contribution in [-0.4, -0.2) is 50.8 Å². The first-order chi connectivity index (χ1) is 21.0. The zero-order valence-electron chi connectivity index (χ0n) is 28.4. The number of amides is 1. The molecule has 0 bridgehead atoms. The third kappa shape index (κ3) is 9.39. The molecular formula is C35H48N4O6. The van der Waals surface area contributed by atoms with Crippen molar-refractivity contribution < 1.29 is 28.6 Å². The Morgan fingerprint density at radius 3 is 2.24 bits per heavy atom. The van der Waals surface area contributed by atoms with Crippen LogP contribution in [0.2, 0.25) is 0 Å². The molecule has 0 radical (unpaired) electrons. The lowest BCUT2D eigenvalue weighted by Gasteiger charge is -2.34. The minimum atomic E-state index is -1.18. The minimum absolute atomic E-state index is 0.174. The number of hydrogen-bond acceptors (Lipinski definition) is 8. The summed E-state index contributed by atoms with van der Waals surface area (Å²) < 4.78 is 18.6. The number of pyridine rings is 1. The third-order valence-electron chi connectivity index (χ3n) is 7.11. The maximum absolute atomic E-state index is 13.8. The molecule has 0 aliphatic rings. The van der Waals surface area contributed by atoms with Gasteiger partial charge in [0.15, 0.2) is 0 Å². The molecule has 3 rings (SSSR count). The predicted molar refractivity (Wildman–Crippen MR) is 176 cm³/mol. The molecule has 0 spiro atoms. The molecule has 1 unspecified atom stereocenters. The number of aromatic nitrogens is 3. The lowest BCUT2D eigenvalue weighted by molar-refractivity contribution is -0.118. The summed E-state index contributed by atoms with van der Waals surface area (Å²) in [6.07, 6.45) is 6.25. The molecule has 2 aromatic heterocycles. The van der Waals surface area contributed by atoms with Crippen LogP contribution < -0.4 is 10.1 Å². The fourth-order valence-electron chi connectivity index (χ4n) is 4.83. The summed E-state index contributed by atoms with van der Waals surface area (Å²) in [6.45, 7) is 16.4. The van der Waals surface area contributed by atoms with Gasteiger partial charge in [-0.1, -0.05) is 32.1 Å². The van der Waals surface area contributed by atoms with Crippen LogP contribution in [0, 0.1) is 6.92 Å². The quantitative estimate of drug-likeness (QED) is 0.214. The zero-order valence-corrected chi connectivity index (χ0v) is 28.4. The number of nitrogens with zero attached hydrogens (tertiary/aromatic N) is 3. The Kier molecular flexibility index (Phi) is 11.2. The van der Waals surface area contributed by atoms with Crippen LogP contribution in [0.15, 0.2) is 42.6 Å². The van der Waals surface area contributed by atoms with Gasteiger partial charge in [-0.2, -0.15) is 0 Å². The van der Waals surface area contributed by atoms with Crippen LogP contribution in [0.5, 0.6) is 5.75 Å². The third-order valence-corrected chi connectivity index (χ3v) is 7.11. The summed E-state index contributed by atoms with van der Waals surface area (Å²) in [7, 11) is 1.57. The first-order valence-corrected chi connectivity index (χ1v) is 15.5. The number of benzene rings is 1. The molecule has 0 fully saturated rings. The Morgan fingerprint density at radius 1 is 0.956 bits per heavy atom. The maximum Gasteiger partial charge on any atom is 0.420 e. The van der Waals surface area contributed by atoms with E-state index in [1.54, 1.807) is 54.8 Å². The van der Waals surface area contributed by atoms with E-state index < -0.39 is 28.9 Å². The highest BCUT2D eigenvalue weighted by Crippen LogP contribution is 2.37. The molecule has 0 aliphatic heterocycles. The summed E-state index contributed by atoms with van der Waals surface area (Å²) in [5.74, 6) is 0.982. The molecule has 0 aliphatic carbocycles. The number of nitrogens with one attached hydrogen (secondary N) is 1. The molecule has 0 saturated heterocycles. The van der Waals surface area contributed by atoms with Crippen molar-refractivity contribution in [2.75, 3.05) is 7.11 Å². The molecule has 1 aromatic carbocycles. The van der Waals surface area contributed by atoms with E-state index in [1.165, 1.54) is 4.57 Å². The summed E-state index contributed by atoms with van der Waals surface area (Å²) in [6, 6.07) is 7.67. The van der Waals surface area contributed by atoms with E-state index in [2.05, 4.69) is 10.3 Å². The van der Waals surface area contributed by atoms with Crippen LogP contribution in [0.4, 0.5) is 9.59 Å². The van der Waals surface area contributed by atoms with Gasteiger partial charge in [-0.25, -0.2) is 19.1 Å². The van der Waals surface area contributed by atoms with E-state index in [0.29, 0.717) is 42.7 Å². The van der Waals surface area contributed by atoms with Crippen LogP contribution in [0.25, 0.3) is 22.2 Å². The summed E-state index contributed by atoms with van der Waals surface area (Å²) in [4.78, 5) is 48.5. The standard InChI is InChI=1S/C35H48N4O6/c1-11-25(40)16-14-13-15-19-35(12-2,38-31(41)44-33(4,5)6)30-37-28(22-39(30)32(42)45-34(7,8)9)26-20-24-18-17-23(3)36-27(24)21-29(26)43-10/h13,15,17-18,20-22H,11-12,14,16,19H2,1-10H3,(H,38,41)/b15-13+. The van der Waals surface area contributed by atoms with Crippen molar-refractivity contribution in [1.82, 2.24) is 19.9 Å². The fraction of sp³-hybridized carbons (Fsp3) is 0.514. The lowest BCUT2D eigenvalue weighted by Crippen LogP contribution is -2.49. The topological polar surface area (TPSA) is 122 Å². The molecule has 1 amide bonds. The van der Waals surface area contributed by atoms with E-state index in [-0.39, 0.29) is 18.0 Å². The summed E-state index contributed by atoms with van der Waals surface area (Å²) in [5.41, 5.74) is 0.0292. The zero-order chi connectivity index (χ0) is 33.6. The molecule has 45 heavy (non-hydrogen) atoms. The Bertz CT molecular complexity index is 1560. The van der Waals surface area contributed by atoms with Crippen molar-refractivity contribution in [2.45, 2.75) is 111 Å². The second-order valence-electron chi connectivity index (χ2n) is 13.2. The van der Waals surface area contributed by atoms with E-state index in [9.17, 15) is 14.4 Å². The summed E-state index contributed by atoms with van der Waals surface area (Å²) in [5, 5.41) is 3.92. The van der Waals surface area contributed by atoms with Gasteiger partial charge in [-0.15, -0.1) is 0 Å². The van der Waals surface area contributed by atoms with Gasteiger partial charge in [0.2, 0.25) is 0 Å². The van der Waals surface area contributed by atoms with Crippen molar-refractivity contribution in [3.05, 3.63) is 54.1 Å². The van der Waals surface area contributed by atoms with Crippen molar-refractivity contribution in [3.8, 4) is 17.0 Å². The highest BCUT2D eigenvalue weighted by Gasteiger charge is 2.40. The average Bonchev–Trinajstić information content (AvgIpc) is 3.40. The number of Topliss-reactive ketones (excluding diaryl/α,β-unsaturated/α-hetero) is 1. The first-order valence-electron chi connectivity index (χ1n) is 15.5. The van der Waals surface area contributed by atoms with Gasteiger partial charge in [0.05, 0.1) is 18.3 Å². The number of hydrogen-bond donors (Lipinski definition) is 1. The lowest BCUT2D eigenvalue weighted by atomic mass is 9.90. The number of methoxy groups -OCH3 is 1. The number of rotatable bonds is 11. The highest BCUT2D eigenvalue weighted by atomic mass is 16.6. The second kappa shape index (κ2) is 14.3. The van der Waals surface area contributed by atoms with Crippen LogP contribution >= 0.6 is 0 Å². The molecule has 10 nitrogen and oxygen atoms in total. The van der Waals surface area contributed by atoms with Crippen LogP contribution in [0.3, 0.4) is 0 Å². The molecule has 3 aromatic rings. The van der Waals surface area contributed by atoms with Crippen molar-refractivity contribution in [3.63, 3.8) is 0 Å². The van der Waals surface area contributed by atoms with E-state index in [1.807, 2.05) is 57.2 Å². The fourth-order valence-corrected chi connectivity index (χ4v) is 4.83. The number of allylic oxidation sites excluding steroid dienone is 1. The first kappa shape index (κ1) is 35.3. The molecule has 1 N–H and O–H groups in total. The maximum atomic E-state index is 13.8. The molecule has 244 valence electrons. The number of aryl methyl sites for hydroxylation is 1. The Hall–Kier alpha value is -4.21. The monoisotopic (exact) mass is 620 g/mol. The van der Waals surface area contributed by atoms with Gasteiger partial charge in [-0.3, -0.25) is 9.78 Å². The van der Waals surface area contributed by atoms with Crippen molar-refractivity contribution in [2.24, 2.45) is 0 Å². The number of carbonyl (C=O) groups excluding carboxylic acids is 3.